The summed E-state index contributed by atoms with van der Waals surface area (Å²) in [5, 5.41) is 22.6. The maximum Gasteiger partial charge on any atom is 0.329 e. The van der Waals surface area contributed by atoms with Crippen molar-refractivity contribution in [2.24, 2.45) is 0 Å². The summed E-state index contributed by atoms with van der Waals surface area (Å²) < 4.78 is 0. The van der Waals surface area contributed by atoms with Gasteiger partial charge < -0.3 is 10.4 Å². The first-order chi connectivity index (χ1) is 7.90. The van der Waals surface area contributed by atoms with Crippen molar-refractivity contribution >= 4 is 17.3 Å². The van der Waals surface area contributed by atoms with E-state index in [-0.39, 0.29) is 11.4 Å². The number of carbonyl (C=O) groups is 1. The van der Waals surface area contributed by atoms with E-state index in [4.69, 9.17) is 5.11 Å². The molecule has 0 amide bonds. The molecule has 1 aromatic carbocycles. The van der Waals surface area contributed by atoms with Crippen LogP contribution in [0.15, 0.2) is 24.3 Å². The predicted molar refractivity (Wildman–Crippen MR) is 63.1 cm³/mol. The quantitative estimate of drug-likeness (QED) is 0.606. The third-order valence-corrected chi connectivity index (χ3v) is 2.69. The van der Waals surface area contributed by atoms with Crippen molar-refractivity contribution in [2.75, 3.05) is 5.32 Å². The molecule has 0 spiro atoms. The van der Waals surface area contributed by atoms with Crippen LogP contribution in [0, 0.1) is 10.1 Å². The van der Waals surface area contributed by atoms with Crippen LogP contribution < -0.4 is 5.32 Å². The van der Waals surface area contributed by atoms with Gasteiger partial charge in [-0.3, -0.25) is 10.1 Å². The first-order valence-electron chi connectivity index (χ1n) is 5.15. The van der Waals surface area contributed by atoms with E-state index in [9.17, 15) is 14.9 Å². The molecule has 0 radical (unpaired) electrons. The van der Waals surface area contributed by atoms with Crippen LogP contribution in [0.2, 0.25) is 0 Å². The van der Waals surface area contributed by atoms with Crippen LogP contribution in [0.1, 0.15) is 20.3 Å². The first kappa shape index (κ1) is 13.0. The van der Waals surface area contributed by atoms with Crippen molar-refractivity contribution in [3.63, 3.8) is 0 Å². The summed E-state index contributed by atoms with van der Waals surface area (Å²) in [6.45, 7) is 3.20. The highest BCUT2D eigenvalue weighted by molar-refractivity contribution is 5.83. The molecule has 0 saturated carbocycles. The number of carboxylic acid groups (broad SMARTS) is 1. The molecule has 0 aliphatic heterocycles. The Morgan fingerprint density at radius 2 is 2.12 bits per heavy atom. The lowest BCUT2D eigenvalue weighted by Crippen LogP contribution is -2.42. The van der Waals surface area contributed by atoms with Gasteiger partial charge in [-0.1, -0.05) is 19.1 Å². The number of rotatable bonds is 5. The van der Waals surface area contributed by atoms with E-state index in [2.05, 4.69) is 5.32 Å². The molecule has 0 aromatic heterocycles. The molecule has 17 heavy (non-hydrogen) atoms. The Kier molecular flexibility index (Phi) is 3.67. The molecule has 2 N–H and O–H groups in total. The van der Waals surface area contributed by atoms with Crippen LogP contribution in [-0.2, 0) is 4.79 Å². The van der Waals surface area contributed by atoms with Gasteiger partial charge in [-0.15, -0.1) is 0 Å². The lowest BCUT2D eigenvalue weighted by atomic mass is 9.98. The van der Waals surface area contributed by atoms with Gasteiger partial charge in [0.1, 0.15) is 11.2 Å². The summed E-state index contributed by atoms with van der Waals surface area (Å²) in [5.41, 5.74) is -1.13. The SMILES string of the molecule is CCC(C)(Nc1ccccc1[N+](=O)[O-])C(=O)O. The summed E-state index contributed by atoms with van der Waals surface area (Å²) in [5.74, 6) is -1.04. The Balaban J connectivity index is 3.10. The number of benzene rings is 1. The average molecular weight is 238 g/mol. The second-order valence-electron chi connectivity index (χ2n) is 3.89. The van der Waals surface area contributed by atoms with E-state index in [1.807, 2.05) is 0 Å². The van der Waals surface area contributed by atoms with E-state index < -0.39 is 16.4 Å². The van der Waals surface area contributed by atoms with Crippen molar-refractivity contribution < 1.29 is 14.8 Å². The zero-order valence-corrected chi connectivity index (χ0v) is 9.64. The zero-order valence-electron chi connectivity index (χ0n) is 9.64. The molecule has 6 nitrogen and oxygen atoms in total. The Morgan fingerprint density at radius 3 is 2.59 bits per heavy atom. The van der Waals surface area contributed by atoms with Crippen LogP contribution in [0.5, 0.6) is 0 Å². The van der Waals surface area contributed by atoms with Crippen molar-refractivity contribution in [3.05, 3.63) is 34.4 Å². The fourth-order valence-corrected chi connectivity index (χ4v) is 1.33. The van der Waals surface area contributed by atoms with E-state index in [1.54, 1.807) is 13.0 Å². The Hall–Kier alpha value is -2.11. The second kappa shape index (κ2) is 4.82. The number of hydrogen-bond donors (Lipinski definition) is 2. The van der Waals surface area contributed by atoms with Crippen LogP contribution in [0.4, 0.5) is 11.4 Å². The molecule has 1 unspecified atom stereocenters. The van der Waals surface area contributed by atoms with Gasteiger partial charge in [-0.25, -0.2) is 4.79 Å². The van der Waals surface area contributed by atoms with Crippen LogP contribution in [0.3, 0.4) is 0 Å². The highest BCUT2D eigenvalue weighted by atomic mass is 16.6. The molecule has 0 aliphatic carbocycles. The minimum Gasteiger partial charge on any atom is -0.480 e. The number of nitro benzene ring substituents is 1. The minimum atomic E-state index is -1.22. The van der Waals surface area contributed by atoms with Crippen molar-refractivity contribution in [1.82, 2.24) is 0 Å². The number of hydrogen-bond acceptors (Lipinski definition) is 4. The summed E-state index contributed by atoms with van der Waals surface area (Å²) in [4.78, 5) is 21.3. The Bertz CT molecular complexity index is 447. The fraction of sp³-hybridized carbons (Fsp3) is 0.364. The van der Waals surface area contributed by atoms with Gasteiger partial charge in [0.15, 0.2) is 0 Å². The molecule has 1 atom stereocenters. The molecule has 0 saturated heterocycles. The lowest BCUT2D eigenvalue weighted by molar-refractivity contribution is -0.384. The van der Waals surface area contributed by atoms with Gasteiger partial charge in [0.05, 0.1) is 4.92 Å². The van der Waals surface area contributed by atoms with E-state index in [1.165, 1.54) is 25.1 Å². The van der Waals surface area contributed by atoms with Crippen LogP contribution in [0.25, 0.3) is 0 Å². The highest BCUT2D eigenvalue weighted by Crippen LogP contribution is 2.27. The van der Waals surface area contributed by atoms with Crippen molar-refractivity contribution in [1.29, 1.82) is 0 Å². The van der Waals surface area contributed by atoms with E-state index in [0.29, 0.717) is 6.42 Å². The first-order valence-corrected chi connectivity index (χ1v) is 5.15. The predicted octanol–water partition coefficient (Wildman–Crippen LogP) is 2.26. The normalized spacial score (nSPS) is 13.8. The number of aliphatic carboxylic acids is 1. The maximum absolute atomic E-state index is 11.1. The van der Waals surface area contributed by atoms with Crippen molar-refractivity contribution in [2.45, 2.75) is 25.8 Å². The lowest BCUT2D eigenvalue weighted by Gasteiger charge is -2.25. The molecular weight excluding hydrogens is 224 g/mol. The zero-order chi connectivity index (χ0) is 13.1. The number of carboxylic acids is 1. The molecule has 0 fully saturated rings. The smallest absolute Gasteiger partial charge is 0.329 e. The molecular formula is C11H14N2O4. The van der Waals surface area contributed by atoms with Gasteiger partial charge in [-0.05, 0) is 19.4 Å². The molecule has 1 aromatic rings. The Morgan fingerprint density at radius 1 is 1.53 bits per heavy atom. The monoisotopic (exact) mass is 238 g/mol. The summed E-state index contributed by atoms with van der Waals surface area (Å²) in [6.07, 6.45) is 0.314. The van der Waals surface area contributed by atoms with Crippen LogP contribution in [-0.4, -0.2) is 21.5 Å². The second-order valence-corrected chi connectivity index (χ2v) is 3.89. The van der Waals surface area contributed by atoms with Crippen molar-refractivity contribution in [3.8, 4) is 0 Å². The molecule has 6 heteroatoms. The van der Waals surface area contributed by atoms with E-state index >= 15 is 0 Å². The topological polar surface area (TPSA) is 92.5 Å². The van der Waals surface area contributed by atoms with E-state index in [0.717, 1.165) is 0 Å². The minimum absolute atomic E-state index is 0.131. The number of nitro groups is 1. The van der Waals surface area contributed by atoms with Gasteiger partial charge >= 0.3 is 5.97 Å². The standard InChI is InChI=1S/C11H14N2O4/c1-3-11(2,10(14)15)12-8-6-4-5-7-9(8)13(16)17/h4-7,12H,3H2,1-2H3,(H,14,15). The largest absolute Gasteiger partial charge is 0.480 e. The molecule has 1 rings (SSSR count). The summed E-state index contributed by atoms with van der Waals surface area (Å²) in [6, 6.07) is 5.98. The van der Waals surface area contributed by atoms with Crippen LogP contribution >= 0.6 is 0 Å². The number of nitrogens with zero attached hydrogens (tertiary/aromatic N) is 1. The number of anilines is 1. The Labute approximate surface area is 98.4 Å². The van der Waals surface area contributed by atoms with Gasteiger partial charge in [0.25, 0.3) is 5.69 Å². The summed E-state index contributed by atoms with van der Waals surface area (Å²) in [7, 11) is 0. The van der Waals surface area contributed by atoms with Gasteiger partial charge in [-0.2, -0.15) is 0 Å². The average Bonchev–Trinajstić information content (AvgIpc) is 2.29. The number of para-hydroxylation sites is 2. The third kappa shape index (κ3) is 2.72. The molecule has 0 bridgehead atoms. The fourth-order valence-electron chi connectivity index (χ4n) is 1.33. The maximum atomic E-state index is 11.1. The molecule has 92 valence electrons. The third-order valence-electron chi connectivity index (χ3n) is 2.69. The molecule has 0 aliphatic rings. The van der Waals surface area contributed by atoms with Gasteiger partial charge in [0, 0.05) is 6.07 Å². The molecule has 0 heterocycles. The number of nitrogens with one attached hydrogen (secondary N) is 1. The summed E-state index contributed by atoms with van der Waals surface area (Å²) >= 11 is 0. The highest BCUT2D eigenvalue weighted by Gasteiger charge is 2.32. The van der Waals surface area contributed by atoms with Gasteiger partial charge in [0.2, 0.25) is 0 Å².